The molecule has 2 aromatic carbocycles. The molecule has 0 saturated carbocycles. The third kappa shape index (κ3) is 3.75. The fourth-order valence-electron chi connectivity index (χ4n) is 2.26. The Balaban J connectivity index is 2.08. The second-order valence-corrected chi connectivity index (χ2v) is 5.93. The molecule has 0 aliphatic heterocycles. The third-order valence-corrected chi connectivity index (χ3v) is 3.85. The van der Waals surface area contributed by atoms with Crippen molar-refractivity contribution in [3.8, 4) is 17.2 Å². The lowest BCUT2D eigenvalue weighted by Crippen LogP contribution is -2.24. The summed E-state index contributed by atoms with van der Waals surface area (Å²) in [7, 11) is 1.23. The maximum absolute atomic E-state index is 12.5. The summed E-state index contributed by atoms with van der Waals surface area (Å²) in [6, 6.07) is 14.9. The molecule has 0 fully saturated rings. The van der Waals surface area contributed by atoms with Crippen LogP contribution in [0, 0.1) is 6.92 Å². The lowest BCUT2D eigenvalue weighted by molar-refractivity contribution is 0.0588. The highest BCUT2D eigenvalue weighted by Gasteiger charge is 2.19. The molecule has 3 rings (SSSR count). The number of ether oxygens (including phenoxy) is 2. The Morgan fingerprint density at radius 1 is 1.08 bits per heavy atom. The van der Waals surface area contributed by atoms with E-state index in [1.54, 1.807) is 36.4 Å². The molecule has 0 radical (unpaired) electrons. The van der Waals surface area contributed by atoms with Crippen LogP contribution in [0.25, 0.3) is 5.69 Å². The first-order valence-electron chi connectivity index (χ1n) is 7.71. The summed E-state index contributed by atoms with van der Waals surface area (Å²) < 4.78 is 11.5. The molecule has 0 amide bonds. The maximum atomic E-state index is 12.5. The second kappa shape index (κ2) is 7.41. The number of carbonyl (C=O) groups excluding carboxylic acids is 1. The molecule has 7 heteroatoms. The molecule has 0 N–H and O–H groups in total. The number of halogens is 1. The highest BCUT2D eigenvalue weighted by Crippen LogP contribution is 2.24. The van der Waals surface area contributed by atoms with E-state index in [1.807, 2.05) is 19.1 Å². The summed E-state index contributed by atoms with van der Waals surface area (Å²) in [6.45, 7) is 1.94. The number of methoxy groups -OCH3 is 1. The largest absolute Gasteiger partial charge is 0.464 e. The zero-order valence-electron chi connectivity index (χ0n) is 14.1. The van der Waals surface area contributed by atoms with E-state index in [1.165, 1.54) is 13.2 Å². The van der Waals surface area contributed by atoms with Gasteiger partial charge in [-0.15, -0.1) is 0 Å². The van der Waals surface area contributed by atoms with E-state index in [-0.39, 0.29) is 11.4 Å². The second-order valence-electron chi connectivity index (χ2n) is 5.49. The lowest BCUT2D eigenvalue weighted by Gasteiger charge is -2.12. The van der Waals surface area contributed by atoms with Gasteiger partial charge in [0.05, 0.1) is 18.9 Å². The number of nitrogens with zero attached hydrogens (tertiary/aromatic N) is 2. The smallest absolute Gasteiger partial charge is 0.362 e. The van der Waals surface area contributed by atoms with Crippen LogP contribution in [0.4, 0.5) is 0 Å². The van der Waals surface area contributed by atoms with Crippen molar-refractivity contribution in [3.63, 3.8) is 0 Å². The van der Waals surface area contributed by atoms with Gasteiger partial charge in [-0.1, -0.05) is 29.3 Å². The number of hydrogen-bond donors (Lipinski definition) is 0. The Kier molecular flexibility index (Phi) is 5.04. The van der Waals surface area contributed by atoms with Crippen LogP contribution in [0.2, 0.25) is 5.02 Å². The van der Waals surface area contributed by atoms with Crippen LogP contribution in [0.5, 0.6) is 11.5 Å². The van der Waals surface area contributed by atoms with Crippen molar-refractivity contribution >= 4 is 17.6 Å². The molecule has 0 aliphatic rings. The molecule has 0 atom stereocenters. The van der Waals surface area contributed by atoms with Crippen molar-refractivity contribution in [1.82, 2.24) is 9.78 Å². The standard InChI is InChI=1S/C19H15ClN2O4/c1-12-3-9-15(10-4-12)26-16-11-17(23)22(21-18(16)19(24)25-2)14-7-5-13(20)6-8-14/h3-11H,1-2H3. The summed E-state index contributed by atoms with van der Waals surface area (Å²) in [5, 5.41) is 4.64. The SMILES string of the molecule is COC(=O)c1nn(-c2ccc(Cl)cc2)c(=O)cc1Oc1ccc(C)cc1. The van der Waals surface area contributed by atoms with Gasteiger partial charge < -0.3 is 9.47 Å². The predicted octanol–water partition coefficient (Wildman–Crippen LogP) is 3.77. The molecule has 0 spiro atoms. The first-order valence-corrected chi connectivity index (χ1v) is 8.09. The fraction of sp³-hybridized carbons (Fsp3) is 0.105. The van der Waals surface area contributed by atoms with Crippen LogP contribution < -0.4 is 10.3 Å². The monoisotopic (exact) mass is 370 g/mol. The summed E-state index contributed by atoms with van der Waals surface area (Å²) in [5.74, 6) is -0.211. The van der Waals surface area contributed by atoms with Crippen LogP contribution in [0.3, 0.4) is 0 Å². The zero-order valence-corrected chi connectivity index (χ0v) is 14.9. The minimum atomic E-state index is -0.713. The molecule has 6 nitrogen and oxygen atoms in total. The van der Waals surface area contributed by atoms with Crippen LogP contribution >= 0.6 is 11.6 Å². The zero-order chi connectivity index (χ0) is 18.7. The Morgan fingerprint density at radius 2 is 1.73 bits per heavy atom. The summed E-state index contributed by atoms with van der Waals surface area (Å²) in [5.41, 5.74) is 0.956. The van der Waals surface area contributed by atoms with Gasteiger partial charge in [0.15, 0.2) is 5.75 Å². The maximum Gasteiger partial charge on any atom is 0.362 e. The molecule has 1 heterocycles. The van der Waals surface area contributed by atoms with Crippen molar-refractivity contribution in [2.45, 2.75) is 6.92 Å². The van der Waals surface area contributed by atoms with Gasteiger partial charge in [-0.05, 0) is 43.3 Å². The van der Waals surface area contributed by atoms with Gasteiger partial charge in [-0.2, -0.15) is 9.78 Å². The average molecular weight is 371 g/mol. The van der Waals surface area contributed by atoms with Crippen molar-refractivity contribution in [2.24, 2.45) is 0 Å². The first-order chi connectivity index (χ1) is 12.5. The topological polar surface area (TPSA) is 70.4 Å². The van der Waals surface area contributed by atoms with E-state index in [0.717, 1.165) is 10.2 Å². The first kappa shape index (κ1) is 17.7. The van der Waals surface area contributed by atoms with Gasteiger partial charge in [-0.25, -0.2) is 4.79 Å². The van der Waals surface area contributed by atoms with Crippen LogP contribution in [0.1, 0.15) is 16.1 Å². The van der Waals surface area contributed by atoms with E-state index in [0.29, 0.717) is 16.5 Å². The van der Waals surface area contributed by atoms with Crippen molar-refractivity contribution < 1.29 is 14.3 Å². The molecule has 26 heavy (non-hydrogen) atoms. The van der Waals surface area contributed by atoms with Crippen molar-refractivity contribution in [3.05, 3.63) is 81.2 Å². The lowest BCUT2D eigenvalue weighted by atomic mass is 10.2. The summed E-state index contributed by atoms with van der Waals surface area (Å²) in [6.07, 6.45) is 0. The third-order valence-electron chi connectivity index (χ3n) is 3.60. The van der Waals surface area contributed by atoms with Gasteiger partial charge in [0, 0.05) is 5.02 Å². The molecule has 1 aromatic heterocycles. The minimum Gasteiger partial charge on any atom is -0.464 e. The molecule has 132 valence electrons. The molecule has 3 aromatic rings. The number of rotatable bonds is 4. The Bertz CT molecular complexity index is 996. The highest BCUT2D eigenvalue weighted by molar-refractivity contribution is 6.30. The van der Waals surface area contributed by atoms with Crippen molar-refractivity contribution in [2.75, 3.05) is 7.11 Å². The predicted molar refractivity (Wildman–Crippen MR) is 97.4 cm³/mol. The van der Waals surface area contributed by atoms with Crippen molar-refractivity contribution in [1.29, 1.82) is 0 Å². The average Bonchev–Trinajstić information content (AvgIpc) is 2.64. The summed E-state index contributed by atoms with van der Waals surface area (Å²) in [4.78, 5) is 24.6. The van der Waals surface area contributed by atoms with Gasteiger partial charge in [0.25, 0.3) is 5.56 Å². The molecular weight excluding hydrogens is 356 g/mol. The van der Waals surface area contributed by atoms with E-state index in [2.05, 4.69) is 5.10 Å². The van der Waals surface area contributed by atoms with Gasteiger partial charge >= 0.3 is 5.97 Å². The molecule has 0 unspecified atom stereocenters. The number of hydrogen-bond acceptors (Lipinski definition) is 5. The van der Waals surface area contributed by atoms with Crippen LogP contribution in [0.15, 0.2) is 59.4 Å². The van der Waals surface area contributed by atoms with Crippen LogP contribution in [-0.4, -0.2) is 22.9 Å². The molecule has 0 bridgehead atoms. The molecular formula is C19H15ClN2O4. The number of carbonyl (C=O) groups is 1. The van der Waals surface area contributed by atoms with E-state index >= 15 is 0 Å². The normalized spacial score (nSPS) is 10.4. The number of aryl methyl sites for hydroxylation is 1. The quantitative estimate of drug-likeness (QED) is 0.654. The molecule has 0 saturated heterocycles. The number of benzene rings is 2. The minimum absolute atomic E-state index is 0.0240. The van der Waals surface area contributed by atoms with Gasteiger partial charge in [-0.3, -0.25) is 4.79 Å². The van der Waals surface area contributed by atoms with Gasteiger partial charge in [0.2, 0.25) is 5.69 Å². The van der Waals surface area contributed by atoms with Crippen LogP contribution in [-0.2, 0) is 4.74 Å². The Hall–Kier alpha value is -3.12. The van der Waals surface area contributed by atoms with E-state index < -0.39 is 11.5 Å². The van der Waals surface area contributed by atoms with E-state index in [4.69, 9.17) is 21.1 Å². The Morgan fingerprint density at radius 3 is 2.35 bits per heavy atom. The Labute approximate surface area is 154 Å². The highest BCUT2D eigenvalue weighted by atomic mass is 35.5. The number of aromatic nitrogens is 2. The van der Waals surface area contributed by atoms with E-state index in [9.17, 15) is 9.59 Å². The summed E-state index contributed by atoms with van der Waals surface area (Å²) >= 11 is 5.87. The molecule has 0 aliphatic carbocycles. The van der Waals surface area contributed by atoms with Gasteiger partial charge in [0.1, 0.15) is 5.75 Å². The fourth-order valence-corrected chi connectivity index (χ4v) is 2.38. The number of esters is 1.